The van der Waals surface area contributed by atoms with Crippen molar-refractivity contribution in [2.45, 2.75) is 39.2 Å². The van der Waals surface area contributed by atoms with Gasteiger partial charge in [-0.25, -0.2) is 4.39 Å². The van der Waals surface area contributed by atoms with Gasteiger partial charge in [-0.2, -0.15) is 0 Å². The van der Waals surface area contributed by atoms with E-state index in [1.165, 1.54) is 18.9 Å². The van der Waals surface area contributed by atoms with Gasteiger partial charge in [0.25, 0.3) is 0 Å². The van der Waals surface area contributed by atoms with Gasteiger partial charge in [0, 0.05) is 17.7 Å². The average molecular weight is 239 g/mol. The first-order valence-corrected chi connectivity index (χ1v) is 6.25. The lowest BCUT2D eigenvalue weighted by Gasteiger charge is -2.15. The Bertz CT molecular complexity index is 341. The molecule has 0 amide bonds. The lowest BCUT2D eigenvalue weighted by Crippen LogP contribution is -2.20. The van der Waals surface area contributed by atoms with Crippen molar-refractivity contribution in [1.82, 2.24) is 5.32 Å². The fraction of sp³-hybridized carbons (Fsp3) is 0.571. The monoisotopic (exact) mass is 239 g/mol. The van der Waals surface area contributed by atoms with E-state index in [1.54, 1.807) is 19.2 Å². The molecule has 0 spiro atoms. The minimum atomic E-state index is -0.208. The van der Waals surface area contributed by atoms with Crippen molar-refractivity contribution in [3.05, 3.63) is 29.6 Å². The summed E-state index contributed by atoms with van der Waals surface area (Å²) in [5.74, 6) is 0.351. The molecule has 1 rings (SSSR count). The van der Waals surface area contributed by atoms with Crippen LogP contribution in [0.25, 0.3) is 0 Å². The summed E-state index contributed by atoms with van der Waals surface area (Å²) < 4.78 is 18.7. The number of ether oxygens (including phenoxy) is 1. The second-order valence-electron chi connectivity index (χ2n) is 4.27. The standard InChI is InChI=1S/C14H22FNO/c1-4-5-6-9-16-11(2)13-8-7-12(17-3)10-14(13)15/h7-8,10-11,16H,4-6,9H2,1-3H3. The van der Waals surface area contributed by atoms with Crippen molar-refractivity contribution in [2.24, 2.45) is 0 Å². The number of methoxy groups -OCH3 is 1. The van der Waals surface area contributed by atoms with Crippen molar-refractivity contribution >= 4 is 0 Å². The Balaban J connectivity index is 2.53. The lowest BCUT2D eigenvalue weighted by molar-refractivity contribution is 0.409. The van der Waals surface area contributed by atoms with Gasteiger partial charge in [0.2, 0.25) is 0 Å². The van der Waals surface area contributed by atoms with Crippen LogP contribution in [-0.4, -0.2) is 13.7 Å². The summed E-state index contributed by atoms with van der Waals surface area (Å²) in [6.45, 7) is 5.09. The van der Waals surface area contributed by atoms with Gasteiger partial charge in [0.1, 0.15) is 11.6 Å². The first-order valence-electron chi connectivity index (χ1n) is 6.25. The van der Waals surface area contributed by atoms with Crippen LogP contribution >= 0.6 is 0 Å². The summed E-state index contributed by atoms with van der Waals surface area (Å²) in [6, 6.07) is 5.05. The van der Waals surface area contributed by atoms with Gasteiger partial charge in [0.05, 0.1) is 7.11 Å². The lowest BCUT2D eigenvalue weighted by atomic mass is 10.1. The van der Waals surface area contributed by atoms with Crippen molar-refractivity contribution in [3.8, 4) is 5.75 Å². The summed E-state index contributed by atoms with van der Waals surface area (Å²) >= 11 is 0. The Hall–Kier alpha value is -1.09. The van der Waals surface area contributed by atoms with E-state index in [4.69, 9.17) is 4.74 Å². The predicted octanol–water partition coefficient (Wildman–Crippen LogP) is 3.68. The van der Waals surface area contributed by atoms with E-state index in [0.29, 0.717) is 11.3 Å². The minimum Gasteiger partial charge on any atom is -0.497 e. The predicted molar refractivity (Wildman–Crippen MR) is 68.9 cm³/mol. The maximum atomic E-state index is 13.7. The van der Waals surface area contributed by atoms with Crippen molar-refractivity contribution < 1.29 is 9.13 Å². The number of hydrogen-bond donors (Lipinski definition) is 1. The van der Waals surface area contributed by atoms with Crippen LogP contribution < -0.4 is 10.1 Å². The molecule has 0 fully saturated rings. The number of benzene rings is 1. The number of nitrogens with one attached hydrogen (secondary N) is 1. The van der Waals surface area contributed by atoms with Crippen LogP contribution in [0, 0.1) is 5.82 Å². The maximum absolute atomic E-state index is 13.7. The largest absolute Gasteiger partial charge is 0.497 e. The van der Waals surface area contributed by atoms with Crippen LogP contribution in [0.3, 0.4) is 0 Å². The van der Waals surface area contributed by atoms with Crippen LogP contribution in [0.1, 0.15) is 44.7 Å². The summed E-state index contributed by atoms with van der Waals surface area (Å²) in [7, 11) is 1.54. The smallest absolute Gasteiger partial charge is 0.131 e. The first kappa shape index (κ1) is 14.0. The zero-order valence-corrected chi connectivity index (χ0v) is 10.9. The van der Waals surface area contributed by atoms with E-state index >= 15 is 0 Å². The summed E-state index contributed by atoms with van der Waals surface area (Å²) in [5.41, 5.74) is 0.697. The number of halogens is 1. The highest BCUT2D eigenvalue weighted by Crippen LogP contribution is 2.21. The van der Waals surface area contributed by atoms with Gasteiger partial charge in [-0.1, -0.05) is 25.8 Å². The number of hydrogen-bond acceptors (Lipinski definition) is 2. The molecule has 1 atom stereocenters. The highest BCUT2D eigenvalue weighted by atomic mass is 19.1. The van der Waals surface area contributed by atoms with Gasteiger partial charge < -0.3 is 10.1 Å². The van der Waals surface area contributed by atoms with E-state index in [0.717, 1.165) is 13.0 Å². The third-order valence-electron chi connectivity index (χ3n) is 2.90. The molecular weight excluding hydrogens is 217 g/mol. The normalized spacial score (nSPS) is 12.5. The molecule has 96 valence electrons. The Morgan fingerprint density at radius 3 is 2.71 bits per heavy atom. The average Bonchev–Trinajstić information content (AvgIpc) is 2.34. The summed E-state index contributed by atoms with van der Waals surface area (Å²) in [6.07, 6.45) is 3.55. The van der Waals surface area contributed by atoms with Crippen LogP contribution in [-0.2, 0) is 0 Å². The van der Waals surface area contributed by atoms with Gasteiger partial charge >= 0.3 is 0 Å². The van der Waals surface area contributed by atoms with Crippen molar-refractivity contribution in [2.75, 3.05) is 13.7 Å². The first-order chi connectivity index (χ1) is 8.19. The van der Waals surface area contributed by atoms with Crippen molar-refractivity contribution in [1.29, 1.82) is 0 Å². The fourth-order valence-corrected chi connectivity index (χ4v) is 1.79. The van der Waals surface area contributed by atoms with E-state index < -0.39 is 0 Å². The Morgan fingerprint density at radius 2 is 2.12 bits per heavy atom. The highest BCUT2D eigenvalue weighted by molar-refractivity contribution is 5.30. The van der Waals surface area contributed by atoms with Crippen LogP contribution in [0.4, 0.5) is 4.39 Å². The Labute approximate surface area is 103 Å². The molecule has 0 aromatic heterocycles. The molecule has 0 saturated carbocycles. The molecule has 1 aromatic rings. The number of unbranched alkanes of at least 4 members (excludes halogenated alkanes) is 2. The molecule has 2 nitrogen and oxygen atoms in total. The maximum Gasteiger partial charge on any atom is 0.131 e. The fourth-order valence-electron chi connectivity index (χ4n) is 1.79. The molecule has 1 unspecified atom stereocenters. The highest BCUT2D eigenvalue weighted by Gasteiger charge is 2.10. The molecule has 0 aliphatic heterocycles. The molecule has 0 aliphatic carbocycles. The third kappa shape index (κ3) is 4.35. The topological polar surface area (TPSA) is 21.3 Å². The van der Waals surface area contributed by atoms with Crippen LogP contribution in [0.5, 0.6) is 5.75 Å². The SMILES string of the molecule is CCCCCNC(C)c1ccc(OC)cc1F. The van der Waals surface area contributed by atoms with E-state index in [2.05, 4.69) is 12.2 Å². The molecule has 0 radical (unpaired) electrons. The minimum absolute atomic E-state index is 0.0396. The second-order valence-corrected chi connectivity index (χ2v) is 4.27. The van der Waals surface area contributed by atoms with Gasteiger partial charge in [0.15, 0.2) is 0 Å². The van der Waals surface area contributed by atoms with Crippen molar-refractivity contribution in [3.63, 3.8) is 0 Å². The molecule has 0 saturated heterocycles. The van der Waals surface area contributed by atoms with E-state index in [9.17, 15) is 4.39 Å². The summed E-state index contributed by atoms with van der Waals surface area (Å²) in [5, 5.41) is 3.33. The van der Waals surface area contributed by atoms with Gasteiger partial charge in [-0.3, -0.25) is 0 Å². The molecule has 0 bridgehead atoms. The molecular formula is C14H22FNO. The van der Waals surface area contributed by atoms with Gasteiger partial charge in [-0.15, -0.1) is 0 Å². The summed E-state index contributed by atoms with van der Waals surface area (Å²) in [4.78, 5) is 0. The van der Waals surface area contributed by atoms with Crippen LogP contribution in [0.15, 0.2) is 18.2 Å². The third-order valence-corrected chi connectivity index (χ3v) is 2.90. The molecule has 0 aliphatic rings. The Morgan fingerprint density at radius 1 is 1.35 bits per heavy atom. The van der Waals surface area contributed by atoms with E-state index in [-0.39, 0.29) is 11.9 Å². The second kappa shape index (κ2) is 7.28. The Kier molecular flexibility index (Phi) is 5.98. The van der Waals surface area contributed by atoms with Crippen LogP contribution in [0.2, 0.25) is 0 Å². The molecule has 1 N–H and O–H groups in total. The van der Waals surface area contributed by atoms with E-state index in [1.807, 2.05) is 6.92 Å². The zero-order chi connectivity index (χ0) is 12.7. The number of rotatable bonds is 7. The van der Waals surface area contributed by atoms with Gasteiger partial charge in [-0.05, 0) is 26.0 Å². The zero-order valence-electron chi connectivity index (χ0n) is 10.9. The molecule has 1 aromatic carbocycles. The molecule has 3 heteroatoms. The molecule has 0 heterocycles. The quantitative estimate of drug-likeness (QED) is 0.733. The molecule has 17 heavy (non-hydrogen) atoms.